The highest BCUT2D eigenvalue weighted by atomic mass is 35.7. The quantitative estimate of drug-likeness (QED) is 0.615. The van der Waals surface area contributed by atoms with E-state index in [9.17, 15) is 13.2 Å². The first-order valence-corrected chi connectivity index (χ1v) is 8.62. The third-order valence-corrected chi connectivity index (χ3v) is 4.31. The third kappa shape index (κ3) is 4.03. The number of pyridine rings is 1. The van der Waals surface area contributed by atoms with E-state index in [1.807, 2.05) is 6.07 Å². The molecule has 0 spiro atoms. The second-order valence-electron chi connectivity index (χ2n) is 4.65. The fourth-order valence-corrected chi connectivity index (χ4v) is 3.59. The summed E-state index contributed by atoms with van der Waals surface area (Å²) in [7, 11) is 1.57. The maximum atomic E-state index is 12.1. The van der Waals surface area contributed by atoms with Gasteiger partial charge >= 0.3 is 0 Å². The van der Waals surface area contributed by atoms with Crippen LogP contribution >= 0.6 is 10.7 Å². The first-order chi connectivity index (χ1) is 9.90. The minimum Gasteiger partial charge on any atom is -0.309 e. The second kappa shape index (κ2) is 6.24. The number of rotatable bonds is 4. The molecule has 0 aliphatic carbocycles. The Kier molecular flexibility index (Phi) is 4.60. The number of allylic oxidation sites excluding steroid dienone is 1. The zero-order chi connectivity index (χ0) is 15.5. The molecule has 1 aliphatic rings. The number of carbonyl (C=O) groups excluding carboxylic acids is 1. The lowest BCUT2D eigenvalue weighted by Crippen LogP contribution is -2.25. The molecule has 110 valence electrons. The van der Waals surface area contributed by atoms with Crippen molar-refractivity contribution in [2.45, 2.75) is 6.42 Å². The van der Waals surface area contributed by atoms with Gasteiger partial charge in [-0.15, -0.1) is 0 Å². The number of nitriles is 1. The number of carbonyl (C=O) groups is 1. The Bertz CT molecular complexity index is 710. The van der Waals surface area contributed by atoms with Gasteiger partial charge in [-0.25, -0.2) is 8.42 Å². The van der Waals surface area contributed by atoms with Crippen molar-refractivity contribution in [3.05, 3.63) is 36.2 Å². The van der Waals surface area contributed by atoms with Gasteiger partial charge < -0.3 is 4.90 Å². The van der Waals surface area contributed by atoms with E-state index in [4.69, 9.17) is 15.9 Å². The number of aromatic nitrogens is 1. The molecule has 0 radical (unpaired) electrons. The van der Waals surface area contributed by atoms with Gasteiger partial charge in [0.05, 0.1) is 23.2 Å². The summed E-state index contributed by atoms with van der Waals surface area (Å²) in [5.41, 5.74) is 0.861. The van der Waals surface area contributed by atoms with Crippen LogP contribution in [0.15, 0.2) is 30.5 Å². The molecule has 21 heavy (non-hydrogen) atoms. The summed E-state index contributed by atoms with van der Waals surface area (Å²) in [6.45, 7) is 0.203. The van der Waals surface area contributed by atoms with Gasteiger partial charge in [-0.1, -0.05) is 6.07 Å². The molecule has 1 fully saturated rings. The average Bonchev–Trinajstić information content (AvgIpc) is 2.75. The smallest absolute Gasteiger partial charge is 0.232 e. The Morgan fingerprint density at radius 3 is 2.90 bits per heavy atom. The van der Waals surface area contributed by atoms with Crippen LogP contribution in [0.3, 0.4) is 0 Å². The highest BCUT2D eigenvalue weighted by Gasteiger charge is 2.34. The van der Waals surface area contributed by atoms with Crippen molar-refractivity contribution < 1.29 is 13.2 Å². The van der Waals surface area contributed by atoms with Gasteiger partial charge in [0, 0.05) is 41.8 Å². The first kappa shape index (κ1) is 15.5. The van der Waals surface area contributed by atoms with Crippen LogP contribution in [0.1, 0.15) is 12.1 Å². The summed E-state index contributed by atoms with van der Waals surface area (Å²) in [6.07, 6.45) is 2.88. The summed E-state index contributed by atoms with van der Waals surface area (Å²) >= 11 is 0. The maximum Gasteiger partial charge on any atom is 0.232 e. The Morgan fingerprint density at radius 1 is 1.57 bits per heavy atom. The summed E-state index contributed by atoms with van der Waals surface area (Å²) < 4.78 is 22.2. The van der Waals surface area contributed by atoms with Crippen LogP contribution < -0.4 is 0 Å². The summed E-state index contributed by atoms with van der Waals surface area (Å²) in [5.74, 6) is -0.892. The number of likely N-dealkylation sites (tertiary alicyclic amines) is 1. The molecule has 2 rings (SSSR count). The Morgan fingerprint density at radius 2 is 2.33 bits per heavy atom. The average molecular weight is 326 g/mol. The number of hydrogen-bond donors (Lipinski definition) is 0. The molecule has 1 aromatic heterocycles. The molecule has 0 bridgehead atoms. The number of halogens is 1. The van der Waals surface area contributed by atoms with Crippen molar-refractivity contribution in [2.75, 3.05) is 12.3 Å². The fourth-order valence-electron chi connectivity index (χ4n) is 2.27. The van der Waals surface area contributed by atoms with Gasteiger partial charge in [-0.3, -0.25) is 9.78 Å². The lowest BCUT2D eigenvalue weighted by Gasteiger charge is -2.19. The topological polar surface area (TPSA) is 91.1 Å². The van der Waals surface area contributed by atoms with Crippen LogP contribution in [0.2, 0.25) is 0 Å². The van der Waals surface area contributed by atoms with Crippen LogP contribution in [0.25, 0.3) is 5.70 Å². The number of hydrogen-bond acceptors (Lipinski definition) is 5. The molecule has 1 atom stereocenters. The molecule has 2 heterocycles. The minimum atomic E-state index is -3.66. The lowest BCUT2D eigenvalue weighted by atomic mass is 10.1. The van der Waals surface area contributed by atoms with Crippen LogP contribution in [0.4, 0.5) is 0 Å². The largest absolute Gasteiger partial charge is 0.309 e. The van der Waals surface area contributed by atoms with Crippen LogP contribution in [0.5, 0.6) is 0 Å². The van der Waals surface area contributed by atoms with Gasteiger partial charge in [-0.2, -0.15) is 5.26 Å². The monoisotopic (exact) mass is 325 g/mol. The maximum absolute atomic E-state index is 12.1. The van der Waals surface area contributed by atoms with E-state index in [2.05, 4.69) is 4.98 Å². The highest BCUT2D eigenvalue weighted by Crippen LogP contribution is 2.28. The van der Waals surface area contributed by atoms with Gasteiger partial charge in [-0.05, 0) is 12.1 Å². The van der Waals surface area contributed by atoms with Gasteiger partial charge in [0.1, 0.15) is 0 Å². The molecule has 0 N–H and O–H groups in total. The van der Waals surface area contributed by atoms with E-state index in [0.29, 0.717) is 11.4 Å². The SMILES string of the molecule is N#CC=C(c1ccccn1)N1CC(CS(=O)(=O)Cl)CC1=O. The molecule has 1 saturated heterocycles. The zero-order valence-corrected chi connectivity index (χ0v) is 12.5. The standard InChI is InChI=1S/C13H12ClN3O3S/c14-21(19,20)9-10-7-13(18)17(8-10)12(4-5-15)11-3-1-2-6-16-11/h1-4,6,10H,7-9H2. The molecular weight excluding hydrogens is 314 g/mol. The Balaban J connectivity index is 2.26. The second-order valence-corrected chi connectivity index (χ2v) is 7.48. The summed E-state index contributed by atoms with van der Waals surface area (Å²) in [4.78, 5) is 17.6. The van der Waals surface area contributed by atoms with E-state index >= 15 is 0 Å². The van der Waals surface area contributed by atoms with Crippen molar-refractivity contribution in [1.82, 2.24) is 9.88 Å². The number of nitrogens with zero attached hydrogens (tertiary/aromatic N) is 3. The summed E-state index contributed by atoms with van der Waals surface area (Å²) in [6, 6.07) is 7.04. The van der Waals surface area contributed by atoms with Gasteiger partial charge in [0.25, 0.3) is 0 Å². The van der Waals surface area contributed by atoms with Crippen molar-refractivity contribution >= 4 is 31.3 Å². The Hall–Kier alpha value is -1.91. The highest BCUT2D eigenvalue weighted by molar-refractivity contribution is 8.13. The minimum absolute atomic E-state index is 0.0849. The van der Waals surface area contributed by atoms with E-state index in [1.54, 1.807) is 24.4 Å². The van der Waals surface area contributed by atoms with Crippen molar-refractivity contribution in [1.29, 1.82) is 5.26 Å². The molecule has 0 saturated carbocycles. The molecule has 1 aliphatic heterocycles. The zero-order valence-electron chi connectivity index (χ0n) is 10.9. The van der Waals surface area contributed by atoms with Crippen LogP contribution in [0, 0.1) is 17.2 Å². The van der Waals surface area contributed by atoms with Crippen LogP contribution in [-0.2, 0) is 13.8 Å². The predicted octanol–water partition coefficient (Wildman–Crippen LogP) is 1.36. The first-order valence-electron chi connectivity index (χ1n) is 6.14. The number of amides is 1. The molecule has 6 nitrogen and oxygen atoms in total. The molecule has 1 unspecified atom stereocenters. The molecule has 1 amide bonds. The van der Waals surface area contributed by atoms with Gasteiger partial charge in [0.15, 0.2) is 0 Å². The molecular formula is C13H12ClN3O3S. The molecule has 0 aromatic carbocycles. The third-order valence-electron chi connectivity index (χ3n) is 3.06. The summed E-state index contributed by atoms with van der Waals surface area (Å²) in [5, 5.41) is 8.89. The van der Waals surface area contributed by atoms with E-state index in [-0.39, 0.29) is 30.5 Å². The molecule has 8 heteroatoms. The van der Waals surface area contributed by atoms with Crippen LogP contribution in [-0.4, -0.2) is 36.5 Å². The van der Waals surface area contributed by atoms with Gasteiger partial charge in [0.2, 0.25) is 15.0 Å². The van der Waals surface area contributed by atoms with Crippen molar-refractivity contribution in [2.24, 2.45) is 5.92 Å². The fraction of sp³-hybridized carbons (Fsp3) is 0.308. The van der Waals surface area contributed by atoms with E-state index < -0.39 is 9.05 Å². The Labute approximate surface area is 127 Å². The normalized spacial score (nSPS) is 19.6. The lowest BCUT2D eigenvalue weighted by molar-refractivity contribution is -0.125. The predicted molar refractivity (Wildman–Crippen MR) is 77.3 cm³/mol. The van der Waals surface area contributed by atoms with E-state index in [0.717, 1.165) is 0 Å². The van der Waals surface area contributed by atoms with Crippen molar-refractivity contribution in [3.63, 3.8) is 0 Å². The van der Waals surface area contributed by atoms with E-state index in [1.165, 1.54) is 11.0 Å². The molecule has 1 aromatic rings. The van der Waals surface area contributed by atoms with Crippen molar-refractivity contribution in [3.8, 4) is 6.07 Å².